The Balaban J connectivity index is 1.91. The topological polar surface area (TPSA) is 46.3 Å². The number of benzene rings is 1. The third-order valence-electron chi connectivity index (χ3n) is 5.84. The van der Waals surface area contributed by atoms with Gasteiger partial charge in [-0.3, -0.25) is 4.79 Å². The Morgan fingerprint density at radius 3 is 2.61 bits per heavy atom. The van der Waals surface area contributed by atoms with Crippen LogP contribution in [0, 0.1) is 5.41 Å². The fourth-order valence-corrected chi connectivity index (χ4v) is 4.43. The molecule has 1 aromatic rings. The molecule has 0 aromatic heterocycles. The maximum atomic E-state index is 13.5. The largest absolute Gasteiger partial charge is 0.341 e. The van der Waals surface area contributed by atoms with Crippen LogP contribution in [0.5, 0.6) is 0 Å². The molecule has 23 heavy (non-hydrogen) atoms. The van der Waals surface area contributed by atoms with E-state index in [2.05, 4.69) is 24.8 Å². The minimum absolute atomic E-state index is 0.0258. The molecular formula is C19H27ClN2O. The number of halogens is 1. The second kappa shape index (κ2) is 6.10. The molecule has 1 aromatic carbocycles. The van der Waals surface area contributed by atoms with E-state index >= 15 is 0 Å². The molecule has 1 heterocycles. The molecule has 1 unspecified atom stereocenters. The van der Waals surface area contributed by atoms with E-state index in [1.807, 2.05) is 18.2 Å². The zero-order valence-corrected chi connectivity index (χ0v) is 14.9. The molecule has 2 fully saturated rings. The number of hydrogen-bond acceptors (Lipinski definition) is 2. The van der Waals surface area contributed by atoms with Gasteiger partial charge in [-0.1, -0.05) is 50.4 Å². The van der Waals surface area contributed by atoms with Crippen molar-refractivity contribution >= 4 is 17.5 Å². The van der Waals surface area contributed by atoms with Gasteiger partial charge in [0.25, 0.3) is 0 Å². The van der Waals surface area contributed by atoms with Gasteiger partial charge in [-0.2, -0.15) is 0 Å². The van der Waals surface area contributed by atoms with Gasteiger partial charge in [0.2, 0.25) is 5.91 Å². The van der Waals surface area contributed by atoms with Crippen molar-refractivity contribution in [1.29, 1.82) is 0 Å². The summed E-state index contributed by atoms with van der Waals surface area (Å²) >= 11 is 6.20. The lowest BCUT2D eigenvalue weighted by Gasteiger charge is -2.45. The van der Waals surface area contributed by atoms with Crippen LogP contribution in [0.3, 0.4) is 0 Å². The van der Waals surface area contributed by atoms with E-state index < -0.39 is 0 Å². The highest BCUT2D eigenvalue weighted by Crippen LogP contribution is 2.44. The van der Waals surface area contributed by atoms with Crippen LogP contribution in [0.4, 0.5) is 0 Å². The number of amides is 1. The van der Waals surface area contributed by atoms with Crippen LogP contribution in [0.1, 0.15) is 51.5 Å². The van der Waals surface area contributed by atoms with Gasteiger partial charge in [-0.25, -0.2) is 0 Å². The van der Waals surface area contributed by atoms with E-state index in [4.69, 9.17) is 17.3 Å². The maximum Gasteiger partial charge on any atom is 0.233 e. The normalized spacial score (nSPS) is 26.3. The first-order valence-electron chi connectivity index (χ1n) is 8.66. The molecule has 2 N–H and O–H groups in total. The highest BCUT2D eigenvalue weighted by molar-refractivity contribution is 6.30. The minimum atomic E-state index is -0.386. The molecule has 3 nitrogen and oxygen atoms in total. The molecule has 2 aliphatic rings. The minimum Gasteiger partial charge on any atom is -0.341 e. The van der Waals surface area contributed by atoms with Crippen molar-refractivity contribution in [2.75, 3.05) is 13.1 Å². The Labute approximate surface area is 144 Å². The Bertz CT molecular complexity index is 593. The summed E-state index contributed by atoms with van der Waals surface area (Å²) < 4.78 is 0. The summed E-state index contributed by atoms with van der Waals surface area (Å²) in [6.07, 6.45) is 4.94. The number of hydrogen-bond donors (Lipinski definition) is 1. The van der Waals surface area contributed by atoms with Gasteiger partial charge in [-0.15, -0.1) is 0 Å². The predicted octanol–water partition coefficient (Wildman–Crippen LogP) is 3.74. The second-order valence-electron chi connectivity index (χ2n) is 7.91. The summed E-state index contributed by atoms with van der Waals surface area (Å²) in [4.78, 5) is 15.5. The number of nitrogens with zero attached hydrogens (tertiary/aromatic N) is 1. The van der Waals surface area contributed by atoms with Crippen LogP contribution in [-0.4, -0.2) is 29.9 Å². The number of rotatable bonds is 2. The first-order valence-corrected chi connectivity index (χ1v) is 9.04. The van der Waals surface area contributed by atoms with Crippen LogP contribution < -0.4 is 5.73 Å². The third-order valence-corrected chi connectivity index (χ3v) is 6.08. The van der Waals surface area contributed by atoms with Gasteiger partial charge in [0, 0.05) is 24.2 Å². The number of carbonyl (C=O) groups excluding carboxylic acids is 1. The van der Waals surface area contributed by atoms with E-state index in [9.17, 15) is 4.79 Å². The van der Waals surface area contributed by atoms with Crippen molar-refractivity contribution in [3.05, 3.63) is 34.9 Å². The SMILES string of the molecule is CC1(C)CN(C(=O)C2(c3cccc(Cl)c3)CCCC2)CCC1N. The van der Waals surface area contributed by atoms with Crippen molar-refractivity contribution in [1.82, 2.24) is 4.90 Å². The maximum absolute atomic E-state index is 13.5. The lowest BCUT2D eigenvalue weighted by molar-refractivity contribution is -0.140. The van der Waals surface area contributed by atoms with Gasteiger partial charge < -0.3 is 10.6 Å². The molecule has 1 saturated heterocycles. The number of piperidine rings is 1. The van der Waals surface area contributed by atoms with Gasteiger partial charge >= 0.3 is 0 Å². The summed E-state index contributed by atoms with van der Waals surface area (Å²) in [6, 6.07) is 8.04. The molecule has 1 aliphatic carbocycles. The standard InChI is InChI=1S/C19H27ClN2O/c1-18(2)13-22(11-8-16(18)21)17(23)19(9-3-4-10-19)14-6-5-7-15(20)12-14/h5-7,12,16H,3-4,8-11,13,21H2,1-2H3. The van der Waals surface area contributed by atoms with Gasteiger partial charge in [0.05, 0.1) is 5.41 Å². The molecule has 4 heteroatoms. The number of nitrogens with two attached hydrogens (primary N) is 1. The molecule has 1 atom stereocenters. The quantitative estimate of drug-likeness (QED) is 0.895. The van der Waals surface area contributed by atoms with Crippen molar-refractivity contribution < 1.29 is 4.79 Å². The zero-order chi connectivity index (χ0) is 16.7. The van der Waals surface area contributed by atoms with Crippen molar-refractivity contribution in [2.24, 2.45) is 11.1 Å². The zero-order valence-electron chi connectivity index (χ0n) is 14.1. The summed E-state index contributed by atoms with van der Waals surface area (Å²) in [7, 11) is 0. The summed E-state index contributed by atoms with van der Waals surface area (Å²) in [5.74, 6) is 0.275. The van der Waals surface area contributed by atoms with Gasteiger partial charge in [-0.05, 0) is 42.4 Å². The molecule has 1 aliphatic heterocycles. The Kier molecular flexibility index (Phi) is 4.45. The fraction of sp³-hybridized carbons (Fsp3) is 0.632. The highest BCUT2D eigenvalue weighted by atomic mass is 35.5. The van der Waals surface area contributed by atoms with Crippen LogP contribution in [0.15, 0.2) is 24.3 Å². The molecule has 0 spiro atoms. The summed E-state index contributed by atoms with van der Waals surface area (Å²) in [6.45, 7) is 5.84. The first-order chi connectivity index (χ1) is 10.8. The van der Waals surface area contributed by atoms with Crippen molar-refractivity contribution in [2.45, 2.75) is 57.4 Å². The molecule has 126 valence electrons. The average Bonchev–Trinajstić information content (AvgIpc) is 3.00. The third kappa shape index (κ3) is 3.01. The van der Waals surface area contributed by atoms with Gasteiger partial charge in [0.15, 0.2) is 0 Å². The molecule has 3 rings (SSSR count). The summed E-state index contributed by atoms with van der Waals surface area (Å²) in [5.41, 5.74) is 6.91. The number of carbonyl (C=O) groups is 1. The first kappa shape index (κ1) is 16.8. The van der Waals surface area contributed by atoms with Crippen LogP contribution in [-0.2, 0) is 10.2 Å². The summed E-state index contributed by atoms with van der Waals surface area (Å²) in [5, 5.41) is 0.711. The van der Waals surface area contributed by atoms with E-state index in [1.165, 1.54) is 0 Å². The van der Waals surface area contributed by atoms with E-state index in [0.29, 0.717) is 5.02 Å². The highest BCUT2D eigenvalue weighted by Gasteiger charge is 2.47. The lowest BCUT2D eigenvalue weighted by atomic mass is 9.75. The molecule has 1 amide bonds. The van der Waals surface area contributed by atoms with E-state index in [1.54, 1.807) is 0 Å². The molecular weight excluding hydrogens is 308 g/mol. The van der Waals surface area contributed by atoms with Crippen molar-refractivity contribution in [3.8, 4) is 0 Å². The second-order valence-corrected chi connectivity index (χ2v) is 8.35. The monoisotopic (exact) mass is 334 g/mol. The van der Waals surface area contributed by atoms with Crippen LogP contribution in [0.25, 0.3) is 0 Å². The Hall–Kier alpha value is -1.06. The molecule has 0 radical (unpaired) electrons. The Morgan fingerprint density at radius 2 is 2.00 bits per heavy atom. The van der Waals surface area contributed by atoms with E-state index in [0.717, 1.165) is 50.8 Å². The molecule has 0 bridgehead atoms. The fourth-order valence-electron chi connectivity index (χ4n) is 4.24. The van der Waals surface area contributed by atoms with E-state index in [-0.39, 0.29) is 22.8 Å². The van der Waals surface area contributed by atoms with Gasteiger partial charge in [0.1, 0.15) is 0 Å². The average molecular weight is 335 g/mol. The number of likely N-dealkylation sites (tertiary alicyclic amines) is 1. The molecule has 1 saturated carbocycles. The van der Waals surface area contributed by atoms with Crippen LogP contribution in [0.2, 0.25) is 5.02 Å². The van der Waals surface area contributed by atoms with Crippen molar-refractivity contribution in [3.63, 3.8) is 0 Å². The lowest BCUT2D eigenvalue weighted by Crippen LogP contribution is -2.57. The smallest absolute Gasteiger partial charge is 0.233 e. The van der Waals surface area contributed by atoms with Crippen LogP contribution >= 0.6 is 11.6 Å². The Morgan fingerprint density at radius 1 is 1.30 bits per heavy atom. The predicted molar refractivity (Wildman–Crippen MR) is 94.6 cm³/mol.